The van der Waals surface area contributed by atoms with Gasteiger partial charge in [0.25, 0.3) is 0 Å². The lowest BCUT2D eigenvalue weighted by Crippen LogP contribution is -2.46. The van der Waals surface area contributed by atoms with Gasteiger partial charge in [0, 0.05) is 23.2 Å². The van der Waals surface area contributed by atoms with Gasteiger partial charge in [-0.1, -0.05) is 26.2 Å². The molecule has 1 aromatic heterocycles. The molecule has 1 saturated carbocycles. The van der Waals surface area contributed by atoms with Crippen LogP contribution in [0.25, 0.3) is 0 Å². The number of nitrogens with one attached hydrogen (secondary N) is 2. The van der Waals surface area contributed by atoms with E-state index in [1.807, 2.05) is 17.5 Å². The number of nitrogens with zero attached hydrogens (tertiary/aromatic N) is 1. The first kappa shape index (κ1) is 14.9. The molecule has 1 aliphatic carbocycles. The summed E-state index contributed by atoms with van der Waals surface area (Å²) in [5.41, 5.74) is 0.392. The molecule has 4 heteroatoms. The lowest BCUT2D eigenvalue weighted by Gasteiger charge is -2.37. The molecule has 0 aromatic carbocycles. The molecule has 0 amide bonds. The summed E-state index contributed by atoms with van der Waals surface area (Å²) in [6.45, 7) is 4.19. The zero-order valence-electron chi connectivity index (χ0n) is 12.3. The van der Waals surface area contributed by atoms with Crippen molar-refractivity contribution in [1.82, 2.24) is 15.6 Å². The molecule has 2 N–H and O–H groups in total. The molecule has 0 atom stereocenters. The van der Waals surface area contributed by atoms with Crippen LogP contribution in [0.1, 0.15) is 55.3 Å². The molecule has 1 aliphatic rings. The summed E-state index contributed by atoms with van der Waals surface area (Å²) in [5.74, 6) is 0. The fourth-order valence-corrected chi connectivity index (χ4v) is 3.80. The van der Waals surface area contributed by atoms with Gasteiger partial charge in [-0.05, 0) is 39.3 Å². The third-order valence-electron chi connectivity index (χ3n) is 4.35. The molecule has 0 bridgehead atoms. The topological polar surface area (TPSA) is 37.0 Å². The van der Waals surface area contributed by atoms with Crippen LogP contribution in [0.4, 0.5) is 0 Å². The molecule has 1 heterocycles. The highest BCUT2D eigenvalue weighted by atomic mass is 32.1. The van der Waals surface area contributed by atoms with E-state index < -0.39 is 0 Å². The predicted molar refractivity (Wildman–Crippen MR) is 82.7 cm³/mol. The molecule has 19 heavy (non-hydrogen) atoms. The van der Waals surface area contributed by atoms with E-state index in [4.69, 9.17) is 0 Å². The minimum Gasteiger partial charge on any atom is -0.314 e. The summed E-state index contributed by atoms with van der Waals surface area (Å²) in [7, 11) is 2.12. The highest BCUT2D eigenvalue weighted by molar-refractivity contribution is 7.11. The second kappa shape index (κ2) is 7.36. The molecule has 108 valence electrons. The lowest BCUT2D eigenvalue weighted by molar-refractivity contribution is 0.228. The van der Waals surface area contributed by atoms with Crippen LogP contribution in [0.15, 0.2) is 6.20 Å². The highest BCUT2D eigenvalue weighted by Crippen LogP contribution is 2.30. The van der Waals surface area contributed by atoms with Crippen molar-refractivity contribution >= 4 is 11.3 Å². The number of thiazole rings is 1. The van der Waals surface area contributed by atoms with E-state index in [-0.39, 0.29) is 0 Å². The van der Waals surface area contributed by atoms with Gasteiger partial charge < -0.3 is 10.6 Å². The molecule has 2 rings (SSSR count). The van der Waals surface area contributed by atoms with Gasteiger partial charge in [0.15, 0.2) is 0 Å². The van der Waals surface area contributed by atoms with Gasteiger partial charge in [-0.15, -0.1) is 11.3 Å². The van der Waals surface area contributed by atoms with Crippen LogP contribution in [0.5, 0.6) is 0 Å². The van der Waals surface area contributed by atoms with Crippen molar-refractivity contribution in [2.75, 3.05) is 13.6 Å². The fourth-order valence-electron chi connectivity index (χ4n) is 2.97. The van der Waals surface area contributed by atoms with Gasteiger partial charge in [-0.2, -0.15) is 0 Å². The lowest BCUT2D eigenvalue weighted by atomic mass is 9.79. The van der Waals surface area contributed by atoms with Crippen LogP contribution >= 0.6 is 11.3 Å². The van der Waals surface area contributed by atoms with Gasteiger partial charge in [-0.25, -0.2) is 4.98 Å². The molecule has 0 radical (unpaired) electrons. The number of hydrogen-bond donors (Lipinski definition) is 2. The summed E-state index contributed by atoms with van der Waals surface area (Å²) in [4.78, 5) is 5.83. The average molecular weight is 281 g/mol. The summed E-state index contributed by atoms with van der Waals surface area (Å²) < 4.78 is 0. The van der Waals surface area contributed by atoms with Gasteiger partial charge >= 0.3 is 0 Å². The van der Waals surface area contributed by atoms with E-state index in [1.54, 1.807) is 0 Å². The van der Waals surface area contributed by atoms with E-state index in [2.05, 4.69) is 29.6 Å². The Morgan fingerprint density at radius 3 is 2.74 bits per heavy atom. The maximum atomic E-state index is 4.45. The summed E-state index contributed by atoms with van der Waals surface area (Å²) in [6, 6.07) is 0. The van der Waals surface area contributed by atoms with Gasteiger partial charge in [0.05, 0.1) is 0 Å². The second-order valence-electron chi connectivity index (χ2n) is 5.59. The van der Waals surface area contributed by atoms with Gasteiger partial charge in [0.1, 0.15) is 5.01 Å². The van der Waals surface area contributed by atoms with Crippen molar-refractivity contribution in [2.45, 2.75) is 64.0 Å². The van der Waals surface area contributed by atoms with E-state index >= 15 is 0 Å². The fraction of sp³-hybridized carbons (Fsp3) is 0.800. The molecular formula is C15H27N3S. The molecule has 1 aromatic rings. The first-order valence-corrected chi connectivity index (χ1v) is 8.43. The molecule has 0 aliphatic heterocycles. The average Bonchev–Trinajstić information content (AvgIpc) is 2.93. The summed E-state index contributed by atoms with van der Waals surface area (Å²) in [5, 5.41) is 8.35. The Morgan fingerprint density at radius 1 is 1.32 bits per heavy atom. The monoisotopic (exact) mass is 281 g/mol. The third kappa shape index (κ3) is 4.26. The quantitative estimate of drug-likeness (QED) is 0.754. The van der Waals surface area contributed by atoms with E-state index in [9.17, 15) is 0 Å². The number of hydrogen-bond acceptors (Lipinski definition) is 4. The molecule has 0 spiro atoms. The zero-order valence-corrected chi connectivity index (χ0v) is 13.1. The van der Waals surface area contributed by atoms with Crippen molar-refractivity contribution < 1.29 is 0 Å². The second-order valence-corrected chi connectivity index (χ2v) is 6.79. The summed E-state index contributed by atoms with van der Waals surface area (Å²) >= 11 is 1.83. The highest BCUT2D eigenvalue weighted by Gasteiger charge is 2.29. The van der Waals surface area contributed by atoms with Crippen molar-refractivity contribution in [2.24, 2.45) is 0 Å². The minimum atomic E-state index is 0.392. The SMILES string of the molecule is CCc1cnc(CNCCC2(NC)CCCCC2)s1. The van der Waals surface area contributed by atoms with Crippen LogP contribution < -0.4 is 10.6 Å². The smallest absolute Gasteiger partial charge is 0.107 e. The van der Waals surface area contributed by atoms with E-state index in [0.717, 1.165) is 19.5 Å². The summed E-state index contributed by atoms with van der Waals surface area (Å²) in [6.07, 6.45) is 11.2. The zero-order chi connectivity index (χ0) is 13.6. The molecule has 1 fully saturated rings. The Labute approximate surface area is 121 Å². The number of aryl methyl sites for hydroxylation is 1. The van der Waals surface area contributed by atoms with Crippen molar-refractivity contribution in [3.05, 3.63) is 16.1 Å². The van der Waals surface area contributed by atoms with Crippen molar-refractivity contribution in [3.63, 3.8) is 0 Å². The van der Waals surface area contributed by atoms with Crippen molar-refractivity contribution in [1.29, 1.82) is 0 Å². The Morgan fingerprint density at radius 2 is 2.11 bits per heavy atom. The van der Waals surface area contributed by atoms with Gasteiger partial charge in [-0.3, -0.25) is 0 Å². The number of aromatic nitrogens is 1. The Hall–Kier alpha value is -0.450. The van der Waals surface area contributed by atoms with Crippen molar-refractivity contribution in [3.8, 4) is 0 Å². The molecule has 3 nitrogen and oxygen atoms in total. The van der Waals surface area contributed by atoms with E-state index in [1.165, 1.54) is 48.4 Å². The predicted octanol–water partition coefficient (Wildman–Crippen LogP) is 3.11. The van der Waals surface area contributed by atoms with Crippen LogP contribution in [0, 0.1) is 0 Å². The van der Waals surface area contributed by atoms with Crippen LogP contribution in [-0.4, -0.2) is 24.1 Å². The largest absolute Gasteiger partial charge is 0.314 e. The van der Waals surface area contributed by atoms with Crippen LogP contribution in [0.2, 0.25) is 0 Å². The van der Waals surface area contributed by atoms with Gasteiger partial charge in [0.2, 0.25) is 0 Å². The Kier molecular flexibility index (Phi) is 5.79. The normalized spacial score (nSPS) is 18.6. The molecular weight excluding hydrogens is 254 g/mol. The van der Waals surface area contributed by atoms with Crippen LogP contribution in [-0.2, 0) is 13.0 Å². The maximum Gasteiger partial charge on any atom is 0.107 e. The Balaban J connectivity index is 1.70. The third-order valence-corrected chi connectivity index (χ3v) is 5.49. The van der Waals surface area contributed by atoms with Crippen LogP contribution in [0.3, 0.4) is 0 Å². The number of rotatable bonds is 7. The first-order valence-electron chi connectivity index (χ1n) is 7.61. The Bertz CT molecular complexity index is 369. The maximum absolute atomic E-state index is 4.45. The standard InChI is InChI=1S/C15H27N3S/c1-3-13-11-18-14(19-13)12-17-10-9-15(16-2)7-5-4-6-8-15/h11,16-17H,3-10,12H2,1-2H3. The minimum absolute atomic E-state index is 0.392. The molecule has 0 unspecified atom stereocenters. The van der Waals surface area contributed by atoms with E-state index in [0.29, 0.717) is 5.54 Å². The molecule has 0 saturated heterocycles. The first-order chi connectivity index (χ1) is 9.28.